The molecule has 1 aromatic heterocycles. The zero-order valence-corrected chi connectivity index (χ0v) is 12.8. The van der Waals surface area contributed by atoms with Gasteiger partial charge in [-0.15, -0.1) is 0 Å². The molecule has 0 aromatic carbocycles. The summed E-state index contributed by atoms with van der Waals surface area (Å²) in [6, 6.07) is 0.518. The molecule has 0 atom stereocenters. The third-order valence-electron chi connectivity index (χ3n) is 3.91. The summed E-state index contributed by atoms with van der Waals surface area (Å²) in [5.74, 6) is 2.26. The van der Waals surface area contributed by atoms with Crippen molar-refractivity contribution in [1.29, 1.82) is 0 Å². The van der Waals surface area contributed by atoms with Crippen LogP contribution in [0.5, 0.6) is 0 Å². The van der Waals surface area contributed by atoms with E-state index in [9.17, 15) is 5.11 Å². The van der Waals surface area contributed by atoms with Crippen molar-refractivity contribution in [3.8, 4) is 0 Å². The Morgan fingerprint density at radius 1 is 1.40 bits per heavy atom. The van der Waals surface area contributed by atoms with Crippen molar-refractivity contribution in [3.63, 3.8) is 0 Å². The topological polar surface area (TPSA) is 61.3 Å². The number of aliphatic hydroxyl groups is 1. The molecular formula is C15H26N4O. The monoisotopic (exact) mass is 278 g/mol. The van der Waals surface area contributed by atoms with E-state index in [-0.39, 0.29) is 6.61 Å². The Bertz CT molecular complexity index is 432. The number of hydrogen-bond acceptors (Lipinski definition) is 5. The molecular weight excluding hydrogens is 252 g/mol. The minimum absolute atomic E-state index is 0.161. The molecule has 0 saturated heterocycles. The van der Waals surface area contributed by atoms with Gasteiger partial charge in [0.15, 0.2) is 0 Å². The van der Waals surface area contributed by atoms with E-state index in [1.807, 2.05) is 0 Å². The fraction of sp³-hybridized carbons (Fsp3) is 0.733. The second-order valence-electron chi connectivity index (χ2n) is 5.65. The summed E-state index contributed by atoms with van der Waals surface area (Å²) < 4.78 is 0. The van der Waals surface area contributed by atoms with E-state index in [0.717, 1.165) is 23.7 Å². The van der Waals surface area contributed by atoms with Gasteiger partial charge in [0.2, 0.25) is 0 Å². The summed E-state index contributed by atoms with van der Waals surface area (Å²) in [6.45, 7) is 8.06. The summed E-state index contributed by atoms with van der Waals surface area (Å²) in [5, 5.41) is 12.7. The van der Waals surface area contributed by atoms with E-state index in [4.69, 9.17) is 0 Å². The average Bonchev–Trinajstić information content (AvgIpc) is 2.36. The van der Waals surface area contributed by atoms with Crippen molar-refractivity contribution in [2.75, 3.05) is 29.9 Å². The number of aromatic nitrogens is 2. The molecule has 1 fully saturated rings. The Kier molecular flexibility index (Phi) is 5.17. The van der Waals surface area contributed by atoms with Gasteiger partial charge in [0.1, 0.15) is 18.0 Å². The molecule has 0 bridgehead atoms. The van der Waals surface area contributed by atoms with Gasteiger partial charge in [0.25, 0.3) is 0 Å². The van der Waals surface area contributed by atoms with Crippen LogP contribution in [-0.2, 0) is 0 Å². The van der Waals surface area contributed by atoms with Crippen LogP contribution in [0.3, 0.4) is 0 Å². The Balaban J connectivity index is 2.38. The molecule has 1 aromatic rings. The number of nitrogens with zero attached hydrogens (tertiary/aromatic N) is 3. The second-order valence-corrected chi connectivity index (χ2v) is 5.65. The third-order valence-corrected chi connectivity index (χ3v) is 3.91. The van der Waals surface area contributed by atoms with Gasteiger partial charge in [-0.2, -0.15) is 0 Å². The fourth-order valence-corrected chi connectivity index (χ4v) is 2.72. The third kappa shape index (κ3) is 3.03. The quantitative estimate of drug-likeness (QED) is 0.802. The van der Waals surface area contributed by atoms with Gasteiger partial charge >= 0.3 is 0 Å². The van der Waals surface area contributed by atoms with Crippen LogP contribution in [-0.4, -0.2) is 40.8 Å². The predicted molar refractivity (Wildman–Crippen MR) is 82.4 cm³/mol. The van der Waals surface area contributed by atoms with E-state index < -0.39 is 0 Å². The molecule has 5 heteroatoms. The first kappa shape index (κ1) is 15.0. The fourth-order valence-electron chi connectivity index (χ4n) is 2.72. The lowest BCUT2D eigenvalue weighted by atomic mass is 9.90. The molecule has 112 valence electrons. The summed E-state index contributed by atoms with van der Waals surface area (Å²) in [5.41, 5.74) is 1.16. The molecule has 2 rings (SSSR count). The van der Waals surface area contributed by atoms with Crippen molar-refractivity contribution in [1.82, 2.24) is 9.97 Å². The summed E-state index contributed by atoms with van der Waals surface area (Å²) in [6.07, 6.45) is 5.28. The standard InChI is InChI=1S/C15H26N4O/c1-4-16-14-13(11(2)3)15(18-10-17-14)19(8-9-20)12-6-5-7-12/h10-12,20H,4-9H2,1-3H3,(H,16,17,18). The van der Waals surface area contributed by atoms with Crippen LogP contribution in [0.4, 0.5) is 11.6 Å². The highest BCUT2D eigenvalue weighted by Gasteiger charge is 2.29. The highest BCUT2D eigenvalue weighted by molar-refractivity contribution is 5.61. The van der Waals surface area contributed by atoms with Gasteiger partial charge < -0.3 is 15.3 Å². The lowest BCUT2D eigenvalue weighted by Crippen LogP contribution is -2.43. The molecule has 20 heavy (non-hydrogen) atoms. The van der Waals surface area contributed by atoms with Gasteiger partial charge in [0.05, 0.1) is 6.61 Å². The van der Waals surface area contributed by atoms with Gasteiger partial charge in [0, 0.05) is 24.7 Å². The van der Waals surface area contributed by atoms with Crippen molar-refractivity contribution < 1.29 is 5.11 Å². The number of rotatable bonds is 7. The molecule has 1 aliphatic carbocycles. The zero-order chi connectivity index (χ0) is 14.5. The summed E-state index contributed by atoms with van der Waals surface area (Å²) in [4.78, 5) is 11.2. The molecule has 1 heterocycles. The number of anilines is 2. The van der Waals surface area contributed by atoms with Crippen molar-refractivity contribution in [2.45, 2.75) is 52.0 Å². The van der Waals surface area contributed by atoms with E-state index in [1.54, 1.807) is 6.33 Å². The molecule has 0 aliphatic heterocycles. The van der Waals surface area contributed by atoms with Crippen LogP contribution in [0.15, 0.2) is 6.33 Å². The Morgan fingerprint density at radius 3 is 2.65 bits per heavy atom. The molecule has 0 spiro atoms. The Hall–Kier alpha value is -1.36. The van der Waals surface area contributed by atoms with Gasteiger partial charge in [-0.25, -0.2) is 9.97 Å². The van der Waals surface area contributed by atoms with Crippen LogP contribution in [0.25, 0.3) is 0 Å². The van der Waals surface area contributed by atoms with Gasteiger partial charge in [-0.05, 0) is 32.1 Å². The van der Waals surface area contributed by atoms with Crippen LogP contribution in [0.1, 0.15) is 51.5 Å². The molecule has 0 radical (unpaired) electrons. The summed E-state index contributed by atoms with van der Waals surface area (Å²) >= 11 is 0. The molecule has 0 amide bonds. The first-order chi connectivity index (χ1) is 9.69. The Labute approximate surface area is 121 Å². The zero-order valence-electron chi connectivity index (χ0n) is 12.8. The molecule has 2 N–H and O–H groups in total. The van der Waals surface area contributed by atoms with E-state index in [2.05, 4.69) is 41.0 Å². The van der Waals surface area contributed by atoms with E-state index in [1.165, 1.54) is 19.3 Å². The highest BCUT2D eigenvalue weighted by atomic mass is 16.3. The molecule has 1 aliphatic rings. The highest BCUT2D eigenvalue weighted by Crippen LogP contribution is 2.35. The minimum Gasteiger partial charge on any atom is -0.395 e. The van der Waals surface area contributed by atoms with Crippen molar-refractivity contribution in [3.05, 3.63) is 11.9 Å². The van der Waals surface area contributed by atoms with Crippen LogP contribution in [0.2, 0.25) is 0 Å². The number of hydrogen-bond donors (Lipinski definition) is 2. The maximum Gasteiger partial charge on any atom is 0.137 e. The molecule has 0 unspecified atom stereocenters. The van der Waals surface area contributed by atoms with E-state index in [0.29, 0.717) is 18.5 Å². The van der Waals surface area contributed by atoms with E-state index >= 15 is 0 Å². The first-order valence-corrected chi connectivity index (χ1v) is 7.65. The van der Waals surface area contributed by atoms with Crippen LogP contribution >= 0.6 is 0 Å². The van der Waals surface area contributed by atoms with Crippen LogP contribution in [0, 0.1) is 0 Å². The number of aliphatic hydroxyl groups excluding tert-OH is 1. The normalized spacial score (nSPS) is 15.2. The van der Waals surface area contributed by atoms with Crippen LogP contribution < -0.4 is 10.2 Å². The maximum absolute atomic E-state index is 9.37. The average molecular weight is 278 g/mol. The molecule has 5 nitrogen and oxygen atoms in total. The lowest BCUT2D eigenvalue weighted by molar-refractivity contribution is 0.282. The maximum atomic E-state index is 9.37. The van der Waals surface area contributed by atoms with Gasteiger partial charge in [-0.3, -0.25) is 0 Å². The first-order valence-electron chi connectivity index (χ1n) is 7.65. The van der Waals surface area contributed by atoms with Gasteiger partial charge in [-0.1, -0.05) is 13.8 Å². The minimum atomic E-state index is 0.161. The second kappa shape index (κ2) is 6.88. The lowest BCUT2D eigenvalue weighted by Gasteiger charge is -2.39. The predicted octanol–water partition coefficient (Wildman–Crippen LogP) is 2.38. The number of nitrogens with one attached hydrogen (secondary N) is 1. The van der Waals surface area contributed by atoms with Crippen molar-refractivity contribution >= 4 is 11.6 Å². The summed E-state index contributed by atoms with van der Waals surface area (Å²) in [7, 11) is 0. The largest absolute Gasteiger partial charge is 0.395 e. The Morgan fingerprint density at radius 2 is 2.15 bits per heavy atom. The SMILES string of the molecule is CCNc1ncnc(N(CCO)C2CCC2)c1C(C)C. The smallest absolute Gasteiger partial charge is 0.137 e. The van der Waals surface area contributed by atoms with Crippen molar-refractivity contribution in [2.24, 2.45) is 0 Å². The molecule has 1 saturated carbocycles.